The molecule has 31 heavy (non-hydrogen) atoms. The van der Waals surface area contributed by atoms with E-state index in [0.29, 0.717) is 5.56 Å². The maximum absolute atomic E-state index is 10.4. The van der Waals surface area contributed by atoms with Crippen LogP contribution in [-0.4, -0.2) is 43.2 Å². The first-order valence-electron chi connectivity index (χ1n) is 12.6. The van der Waals surface area contributed by atoms with Gasteiger partial charge in [0.05, 0.1) is 33.3 Å². The summed E-state index contributed by atoms with van der Waals surface area (Å²) >= 11 is 0. The summed E-state index contributed by atoms with van der Waals surface area (Å²) in [7, 11) is 6.88. The largest absolute Gasteiger partial charge is 0.478 e. The predicted octanol–water partition coefficient (Wildman–Crippen LogP) is 8.20. The van der Waals surface area contributed by atoms with Gasteiger partial charge < -0.3 is 9.59 Å². The molecule has 0 unspecified atom stereocenters. The van der Waals surface area contributed by atoms with Gasteiger partial charge in [0.15, 0.2) is 0 Å². The van der Waals surface area contributed by atoms with E-state index in [-0.39, 0.29) is 0 Å². The van der Waals surface area contributed by atoms with Crippen LogP contribution >= 0.6 is 0 Å². The van der Waals surface area contributed by atoms with Gasteiger partial charge in [-0.3, -0.25) is 0 Å². The molecule has 0 radical (unpaired) electrons. The predicted molar refractivity (Wildman–Crippen MR) is 137 cm³/mol. The van der Waals surface area contributed by atoms with Gasteiger partial charge in [0.2, 0.25) is 0 Å². The SMILES string of the molecule is C=Cc1ccc(C(=O)O)cc1.CCCCCCCCCCCCCCCC[N+](C)(C)C. The summed E-state index contributed by atoms with van der Waals surface area (Å²) < 4.78 is 1.12. The van der Waals surface area contributed by atoms with Gasteiger partial charge in [-0.15, -0.1) is 0 Å². The molecule has 0 aliphatic heterocycles. The highest BCUT2D eigenvalue weighted by molar-refractivity contribution is 5.87. The number of rotatable bonds is 17. The molecule has 1 N–H and O–H groups in total. The molecule has 0 aromatic heterocycles. The monoisotopic (exact) mass is 432 g/mol. The van der Waals surface area contributed by atoms with Crippen LogP contribution < -0.4 is 0 Å². The first kappa shape index (κ1) is 29.4. The fraction of sp³-hybridized carbons (Fsp3) is 0.679. The molecule has 0 saturated carbocycles. The van der Waals surface area contributed by atoms with E-state index in [1.807, 2.05) is 0 Å². The van der Waals surface area contributed by atoms with Gasteiger partial charge in [-0.05, 0) is 30.5 Å². The summed E-state index contributed by atoms with van der Waals surface area (Å²) in [5.41, 5.74) is 1.23. The van der Waals surface area contributed by atoms with Crippen molar-refractivity contribution in [1.29, 1.82) is 0 Å². The Morgan fingerprint density at radius 1 is 0.774 bits per heavy atom. The molecule has 0 atom stereocenters. The number of nitrogens with zero attached hydrogens (tertiary/aromatic N) is 1. The van der Waals surface area contributed by atoms with Crippen LogP contribution in [0, 0.1) is 0 Å². The van der Waals surface area contributed by atoms with E-state index in [4.69, 9.17) is 5.11 Å². The molecular formula is C28H50NO2+. The molecule has 0 aliphatic carbocycles. The molecule has 0 bridgehead atoms. The van der Waals surface area contributed by atoms with E-state index in [1.54, 1.807) is 30.3 Å². The number of carboxylic acids is 1. The number of hydrogen-bond donors (Lipinski definition) is 1. The zero-order valence-corrected chi connectivity index (χ0v) is 21.0. The number of carboxylic acid groups (broad SMARTS) is 1. The number of benzene rings is 1. The van der Waals surface area contributed by atoms with Crippen molar-refractivity contribution in [3.63, 3.8) is 0 Å². The molecule has 178 valence electrons. The normalized spacial score (nSPS) is 11.0. The molecular weight excluding hydrogens is 382 g/mol. The first-order valence-corrected chi connectivity index (χ1v) is 12.6. The van der Waals surface area contributed by atoms with Crippen molar-refractivity contribution in [2.45, 2.75) is 96.8 Å². The van der Waals surface area contributed by atoms with Crippen molar-refractivity contribution < 1.29 is 14.4 Å². The standard InChI is InChI=1S/C19H42N.C9H8O2/c1-5-6-7-8-9-10-11-12-13-14-15-16-17-18-19-20(2,3)4;1-2-7-3-5-8(6-4-7)9(10)11/h5-19H2,1-4H3;2-6H,1H2,(H,10,11)/q+1;. The summed E-state index contributed by atoms with van der Waals surface area (Å²) in [5, 5.41) is 8.52. The molecule has 0 aliphatic rings. The third-order valence-corrected chi connectivity index (χ3v) is 5.58. The Morgan fingerprint density at radius 2 is 1.16 bits per heavy atom. The lowest BCUT2D eigenvalue weighted by atomic mass is 10.0. The van der Waals surface area contributed by atoms with Crippen LogP contribution in [0.2, 0.25) is 0 Å². The van der Waals surface area contributed by atoms with Crippen molar-refractivity contribution in [1.82, 2.24) is 0 Å². The Balaban J connectivity index is 0.000000683. The van der Waals surface area contributed by atoms with Crippen LogP contribution in [0.1, 0.15) is 113 Å². The van der Waals surface area contributed by atoms with E-state index in [9.17, 15) is 4.79 Å². The lowest BCUT2D eigenvalue weighted by molar-refractivity contribution is -0.870. The molecule has 1 aromatic carbocycles. The van der Waals surface area contributed by atoms with Crippen LogP contribution in [0.4, 0.5) is 0 Å². The third kappa shape index (κ3) is 20.1. The van der Waals surface area contributed by atoms with Gasteiger partial charge in [0, 0.05) is 0 Å². The maximum Gasteiger partial charge on any atom is 0.335 e. The minimum Gasteiger partial charge on any atom is -0.478 e. The third-order valence-electron chi connectivity index (χ3n) is 5.58. The quantitative estimate of drug-likeness (QED) is 0.199. The fourth-order valence-electron chi connectivity index (χ4n) is 3.54. The number of carbonyl (C=O) groups is 1. The summed E-state index contributed by atoms with van der Waals surface area (Å²) in [5.74, 6) is -0.902. The van der Waals surface area contributed by atoms with E-state index in [0.717, 1.165) is 10.0 Å². The molecule has 1 rings (SSSR count). The van der Waals surface area contributed by atoms with Crippen LogP contribution in [-0.2, 0) is 0 Å². The number of quaternary nitrogens is 1. The van der Waals surface area contributed by atoms with Crippen molar-refractivity contribution in [3.05, 3.63) is 42.0 Å². The van der Waals surface area contributed by atoms with Crippen molar-refractivity contribution in [2.75, 3.05) is 27.7 Å². The van der Waals surface area contributed by atoms with E-state index in [2.05, 4.69) is 34.6 Å². The second-order valence-electron chi connectivity index (χ2n) is 9.74. The maximum atomic E-state index is 10.4. The highest BCUT2D eigenvalue weighted by Gasteiger charge is 2.05. The van der Waals surface area contributed by atoms with Gasteiger partial charge in [-0.1, -0.05) is 109 Å². The smallest absolute Gasteiger partial charge is 0.335 e. The summed E-state index contributed by atoms with van der Waals surface area (Å²) in [4.78, 5) is 10.4. The fourth-order valence-corrected chi connectivity index (χ4v) is 3.54. The molecule has 0 heterocycles. The van der Waals surface area contributed by atoms with Crippen LogP contribution in [0.15, 0.2) is 30.8 Å². The molecule has 0 spiro atoms. The zero-order chi connectivity index (χ0) is 23.4. The van der Waals surface area contributed by atoms with E-state index < -0.39 is 5.97 Å². The van der Waals surface area contributed by atoms with E-state index >= 15 is 0 Å². The molecule has 0 fully saturated rings. The van der Waals surface area contributed by atoms with Crippen LogP contribution in [0.5, 0.6) is 0 Å². The molecule has 3 heteroatoms. The molecule has 0 amide bonds. The second-order valence-corrected chi connectivity index (χ2v) is 9.74. The molecule has 3 nitrogen and oxygen atoms in total. The number of aromatic carboxylic acids is 1. The first-order chi connectivity index (χ1) is 14.8. The molecule has 1 aromatic rings. The lowest BCUT2D eigenvalue weighted by Gasteiger charge is -2.23. The van der Waals surface area contributed by atoms with Gasteiger partial charge in [-0.25, -0.2) is 4.79 Å². The summed E-state index contributed by atoms with van der Waals surface area (Å²) in [6.45, 7) is 7.18. The Bertz CT molecular complexity index is 557. The summed E-state index contributed by atoms with van der Waals surface area (Å²) in [6.07, 6.45) is 22.0. The Hall–Kier alpha value is -1.61. The highest BCUT2D eigenvalue weighted by Crippen LogP contribution is 2.13. The minimum absolute atomic E-state index is 0.301. The van der Waals surface area contributed by atoms with E-state index in [1.165, 1.54) is 96.4 Å². The average Bonchev–Trinajstić information content (AvgIpc) is 2.73. The van der Waals surface area contributed by atoms with Crippen molar-refractivity contribution in [2.24, 2.45) is 0 Å². The van der Waals surface area contributed by atoms with Crippen LogP contribution in [0.25, 0.3) is 6.08 Å². The Kier molecular flexibility index (Phi) is 18.1. The zero-order valence-electron chi connectivity index (χ0n) is 21.0. The van der Waals surface area contributed by atoms with Crippen LogP contribution in [0.3, 0.4) is 0 Å². The average molecular weight is 433 g/mol. The van der Waals surface area contributed by atoms with Gasteiger partial charge >= 0.3 is 5.97 Å². The van der Waals surface area contributed by atoms with Gasteiger partial charge in [0.25, 0.3) is 0 Å². The Labute approximate surface area is 193 Å². The van der Waals surface area contributed by atoms with Crippen molar-refractivity contribution >= 4 is 12.0 Å². The van der Waals surface area contributed by atoms with Gasteiger partial charge in [-0.2, -0.15) is 0 Å². The lowest BCUT2D eigenvalue weighted by Crippen LogP contribution is -2.35. The number of unbranched alkanes of at least 4 members (excludes halogenated alkanes) is 13. The summed E-state index contributed by atoms with van der Waals surface area (Å²) in [6, 6.07) is 6.55. The van der Waals surface area contributed by atoms with Gasteiger partial charge in [0.1, 0.15) is 0 Å². The minimum atomic E-state index is -0.902. The van der Waals surface area contributed by atoms with Crippen molar-refractivity contribution in [3.8, 4) is 0 Å². The Morgan fingerprint density at radius 3 is 1.48 bits per heavy atom. The topological polar surface area (TPSA) is 37.3 Å². The molecule has 0 saturated heterocycles. The second kappa shape index (κ2) is 19.1. The number of hydrogen-bond acceptors (Lipinski definition) is 1. The highest BCUT2D eigenvalue weighted by atomic mass is 16.4.